The molecule has 0 saturated heterocycles. The topological polar surface area (TPSA) is 63.4 Å². The van der Waals surface area contributed by atoms with Crippen LogP contribution in [-0.4, -0.2) is 16.6 Å². The van der Waals surface area contributed by atoms with Crippen LogP contribution in [0.2, 0.25) is 0 Å². The lowest BCUT2D eigenvalue weighted by Crippen LogP contribution is -2.08. The molecule has 1 N–H and O–H groups in total. The third-order valence-corrected chi connectivity index (χ3v) is 3.71. The Morgan fingerprint density at radius 2 is 2.29 bits per heavy atom. The highest BCUT2D eigenvalue weighted by atomic mass is 32.1. The van der Waals surface area contributed by atoms with Gasteiger partial charge in [0.1, 0.15) is 0 Å². The molecule has 5 heteroatoms. The third kappa shape index (κ3) is 1.78. The maximum Gasteiger partial charge on any atom is 0.324 e. The van der Waals surface area contributed by atoms with E-state index in [1.54, 1.807) is 6.07 Å². The average molecular weight is 213 g/mol. The first-order chi connectivity index (χ1) is 6.65. The summed E-state index contributed by atoms with van der Waals surface area (Å²) in [5, 5.41) is 19.7. The summed E-state index contributed by atoms with van der Waals surface area (Å²) >= 11 is 1.21. The minimum Gasteiger partial charge on any atom is -0.396 e. The molecule has 76 valence electrons. The van der Waals surface area contributed by atoms with Crippen LogP contribution in [0.1, 0.15) is 17.7 Å². The van der Waals surface area contributed by atoms with Gasteiger partial charge in [0.2, 0.25) is 0 Å². The lowest BCUT2D eigenvalue weighted by molar-refractivity contribution is -0.380. The minimum atomic E-state index is -0.368. The summed E-state index contributed by atoms with van der Waals surface area (Å²) < 4.78 is 0. The maximum absolute atomic E-state index is 10.4. The summed E-state index contributed by atoms with van der Waals surface area (Å²) in [5.74, 6) is 0. The molecule has 1 heterocycles. The van der Waals surface area contributed by atoms with Gasteiger partial charge in [0.05, 0.1) is 4.92 Å². The highest BCUT2D eigenvalue weighted by Crippen LogP contribution is 2.48. The van der Waals surface area contributed by atoms with Gasteiger partial charge in [-0.25, -0.2) is 0 Å². The molecule has 14 heavy (non-hydrogen) atoms. The van der Waals surface area contributed by atoms with Crippen molar-refractivity contribution in [3.8, 4) is 0 Å². The molecule has 2 rings (SSSR count). The average Bonchev–Trinajstić information content (AvgIpc) is 2.75. The fourth-order valence-corrected chi connectivity index (χ4v) is 2.49. The molecule has 1 aliphatic carbocycles. The number of rotatable bonds is 4. The second-order valence-corrected chi connectivity index (χ2v) is 4.98. The molecule has 1 fully saturated rings. The van der Waals surface area contributed by atoms with E-state index in [1.165, 1.54) is 17.4 Å². The number of nitrogens with zero attached hydrogens (tertiary/aromatic N) is 1. The molecule has 0 amide bonds. The van der Waals surface area contributed by atoms with Gasteiger partial charge < -0.3 is 5.11 Å². The quantitative estimate of drug-likeness (QED) is 0.614. The van der Waals surface area contributed by atoms with Crippen LogP contribution < -0.4 is 0 Å². The van der Waals surface area contributed by atoms with Gasteiger partial charge in [-0.05, 0) is 30.7 Å². The van der Waals surface area contributed by atoms with E-state index in [0.29, 0.717) is 0 Å². The van der Waals surface area contributed by atoms with Crippen molar-refractivity contribution in [3.63, 3.8) is 0 Å². The van der Waals surface area contributed by atoms with Gasteiger partial charge in [-0.15, -0.1) is 0 Å². The van der Waals surface area contributed by atoms with Gasteiger partial charge in [-0.1, -0.05) is 11.3 Å². The van der Waals surface area contributed by atoms with Crippen LogP contribution in [0.5, 0.6) is 0 Å². The lowest BCUT2D eigenvalue weighted by atomic mass is 10.0. The van der Waals surface area contributed by atoms with Crippen molar-refractivity contribution in [3.05, 3.63) is 27.1 Å². The van der Waals surface area contributed by atoms with E-state index in [9.17, 15) is 10.1 Å². The van der Waals surface area contributed by atoms with Crippen LogP contribution in [0.4, 0.5) is 5.00 Å². The summed E-state index contributed by atoms with van der Waals surface area (Å²) in [6.45, 7) is 0.193. The van der Waals surface area contributed by atoms with E-state index >= 15 is 0 Å². The molecule has 1 aliphatic rings. The zero-order valence-electron chi connectivity index (χ0n) is 7.60. The Kier molecular flexibility index (Phi) is 2.28. The Balaban J connectivity index is 2.07. The molecule has 0 spiro atoms. The fourth-order valence-electron chi connectivity index (χ4n) is 1.50. The van der Waals surface area contributed by atoms with E-state index in [2.05, 4.69) is 0 Å². The largest absolute Gasteiger partial charge is 0.396 e. The van der Waals surface area contributed by atoms with Crippen LogP contribution in [0.25, 0.3) is 0 Å². The van der Waals surface area contributed by atoms with Crippen LogP contribution >= 0.6 is 11.3 Å². The summed E-state index contributed by atoms with van der Waals surface area (Å²) in [4.78, 5) is 11.1. The number of hydrogen-bond donors (Lipinski definition) is 1. The Labute approximate surface area is 85.3 Å². The summed E-state index contributed by atoms with van der Waals surface area (Å²) in [6.07, 6.45) is 2.85. The molecule has 0 bridgehead atoms. The smallest absolute Gasteiger partial charge is 0.324 e. The summed E-state index contributed by atoms with van der Waals surface area (Å²) in [5.41, 5.74) is 0.0404. The van der Waals surface area contributed by atoms with Crippen LogP contribution in [0.15, 0.2) is 12.1 Å². The van der Waals surface area contributed by atoms with Crippen molar-refractivity contribution < 1.29 is 10.0 Å². The molecular weight excluding hydrogens is 202 g/mol. The molecule has 1 aromatic rings. The molecule has 0 aliphatic heterocycles. The highest BCUT2D eigenvalue weighted by molar-refractivity contribution is 7.15. The van der Waals surface area contributed by atoms with Crippen molar-refractivity contribution in [1.82, 2.24) is 0 Å². The first-order valence-electron chi connectivity index (χ1n) is 4.49. The van der Waals surface area contributed by atoms with Gasteiger partial charge in [0, 0.05) is 17.6 Å². The zero-order chi connectivity index (χ0) is 10.2. The first-order valence-corrected chi connectivity index (χ1v) is 5.31. The predicted molar refractivity (Wildman–Crippen MR) is 53.4 cm³/mol. The van der Waals surface area contributed by atoms with Gasteiger partial charge in [-0.2, -0.15) is 0 Å². The Morgan fingerprint density at radius 3 is 2.71 bits per heavy atom. The van der Waals surface area contributed by atoms with E-state index in [0.717, 1.165) is 24.1 Å². The third-order valence-electron chi connectivity index (χ3n) is 2.67. The minimum absolute atomic E-state index is 0.0404. The molecule has 1 aromatic heterocycles. The molecule has 0 unspecified atom stereocenters. The molecule has 4 nitrogen and oxygen atoms in total. The molecule has 0 radical (unpaired) electrons. The van der Waals surface area contributed by atoms with E-state index in [1.807, 2.05) is 0 Å². The number of hydrogen-bond acceptors (Lipinski definition) is 4. The van der Waals surface area contributed by atoms with Crippen LogP contribution in [-0.2, 0) is 6.42 Å². The fraction of sp³-hybridized carbons (Fsp3) is 0.556. The first kappa shape index (κ1) is 9.61. The predicted octanol–water partition coefficient (Wildman–Crippen LogP) is 1.97. The van der Waals surface area contributed by atoms with E-state index < -0.39 is 0 Å². The van der Waals surface area contributed by atoms with Crippen LogP contribution in [0.3, 0.4) is 0 Å². The van der Waals surface area contributed by atoms with Crippen molar-refractivity contribution in [2.45, 2.75) is 19.3 Å². The summed E-state index contributed by atoms with van der Waals surface area (Å²) in [6, 6.07) is 3.33. The van der Waals surface area contributed by atoms with Crippen molar-refractivity contribution in [2.24, 2.45) is 5.41 Å². The van der Waals surface area contributed by atoms with Crippen molar-refractivity contribution in [2.75, 3.05) is 6.61 Å². The normalized spacial score (nSPS) is 18.1. The Bertz CT molecular complexity index is 357. The second-order valence-electron chi connectivity index (χ2n) is 3.83. The monoisotopic (exact) mass is 213 g/mol. The number of thiophene rings is 1. The SMILES string of the molecule is O=[N+]([O-])c1ccc(CC2(CO)CC2)s1. The van der Waals surface area contributed by atoms with Gasteiger partial charge in [-0.3, -0.25) is 10.1 Å². The van der Waals surface area contributed by atoms with Gasteiger partial charge in [0.25, 0.3) is 0 Å². The molecule has 0 atom stereocenters. The number of aliphatic hydroxyl groups excluding tert-OH is 1. The number of aliphatic hydroxyl groups is 1. The van der Waals surface area contributed by atoms with E-state index in [4.69, 9.17) is 5.11 Å². The van der Waals surface area contributed by atoms with Gasteiger partial charge in [0.15, 0.2) is 0 Å². The zero-order valence-corrected chi connectivity index (χ0v) is 8.42. The van der Waals surface area contributed by atoms with Gasteiger partial charge >= 0.3 is 5.00 Å². The van der Waals surface area contributed by atoms with Crippen LogP contribution in [0, 0.1) is 15.5 Å². The standard InChI is InChI=1S/C9H11NO3S/c11-6-9(3-4-9)5-7-1-2-8(14-7)10(12)13/h1-2,11H,3-6H2. The summed E-state index contributed by atoms with van der Waals surface area (Å²) in [7, 11) is 0. The Hall–Kier alpha value is -0.940. The molecule has 0 aromatic carbocycles. The Morgan fingerprint density at radius 1 is 1.57 bits per heavy atom. The van der Waals surface area contributed by atoms with Crippen molar-refractivity contribution >= 4 is 16.3 Å². The van der Waals surface area contributed by atoms with E-state index in [-0.39, 0.29) is 21.9 Å². The number of nitro groups is 1. The lowest BCUT2D eigenvalue weighted by Gasteiger charge is -2.07. The highest BCUT2D eigenvalue weighted by Gasteiger charge is 2.42. The second kappa shape index (κ2) is 3.33. The van der Waals surface area contributed by atoms with Crippen molar-refractivity contribution in [1.29, 1.82) is 0 Å². The molecular formula is C9H11NO3S. The maximum atomic E-state index is 10.4. The molecule has 1 saturated carbocycles.